The van der Waals surface area contributed by atoms with Gasteiger partial charge in [-0.1, -0.05) is 48.0 Å². The average Bonchev–Trinajstić information content (AvgIpc) is 3.17. The molecule has 1 atom stereocenters. The SMILES string of the molecule is NC(=O)c1sc2c(c1N)[C@H](c1ccc(Cl)cc1)C1=C(N2)c2ccccc2C1=O. The lowest BCUT2D eigenvalue weighted by atomic mass is 9.81. The van der Waals surface area contributed by atoms with Crippen LogP contribution in [0.25, 0.3) is 5.70 Å². The number of benzene rings is 2. The summed E-state index contributed by atoms with van der Waals surface area (Å²) in [5.74, 6) is -1.04. The van der Waals surface area contributed by atoms with Crippen LogP contribution in [0.2, 0.25) is 5.02 Å². The number of fused-ring (bicyclic) bond motifs is 3. The smallest absolute Gasteiger partial charge is 0.260 e. The third kappa shape index (κ3) is 2.25. The van der Waals surface area contributed by atoms with Gasteiger partial charge in [0.2, 0.25) is 0 Å². The Bertz CT molecular complexity index is 1210. The van der Waals surface area contributed by atoms with E-state index in [1.165, 1.54) is 11.3 Å². The van der Waals surface area contributed by atoms with Crippen molar-refractivity contribution in [3.8, 4) is 0 Å². The monoisotopic (exact) mass is 407 g/mol. The summed E-state index contributed by atoms with van der Waals surface area (Å²) in [6.07, 6.45) is 0. The Morgan fingerprint density at radius 3 is 2.43 bits per heavy atom. The van der Waals surface area contributed by atoms with Crippen LogP contribution in [-0.4, -0.2) is 11.7 Å². The number of nitrogens with one attached hydrogen (secondary N) is 1. The second kappa shape index (κ2) is 5.95. The molecule has 3 aromatic rings. The molecular weight excluding hydrogens is 394 g/mol. The quantitative estimate of drug-likeness (QED) is 0.591. The first-order chi connectivity index (χ1) is 13.5. The summed E-state index contributed by atoms with van der Waals surface area (Å²) in [7, 11) is 0. The van der Waals surface area contributed by atoms with Gasteiger partial charge in [0.15, 0.2) is 5.78 Å². The first kappa shape index (κ1) is 17.0. The van der Waals surface area contributed by atoms with Gasteiger partial charge in [0.1, 0.15) is 4.88 Å². The lowest BCUT2D eigenvalue weighted by Crippen LogP contribution is -2.19. The molecule has 0 unspecified atom stereocenters. The van der Waals surface area contributed by atoms with Gasteiger partial charge in [-0.05, 0) is 17.7 Å². The third-order valence-electron chi connectivity index (χ3n) is 5.18. The van der Waals surface area contributed by atoms with Crippen LogP contribution in [0.5, 0.6) is 0 Å². The number of carbonyl (C=O) groups is 2. The van der Waals surface area contributed by atoms with Crippen molar-refractivity contribution in [3.63, 3.8) is 0 Å². The summed E-state index contributed by atoms with van der Waals surface area (Å²) in [5.41, 5.74) is 16.6. The van der Waals surface area contributed by atoms with E-state index in [0.717, 1.165) is 21.8 Å². The number of thiophene rings is 1. The van der Waals surface area contributed by atoms with Crippen LogP contribution in [0.1, 0.15) is 42.6 Å². The van der Waals surface area contributed by atoms with Crippen LogP contribution >= 0.6 is 22.9 Å². The maximum Gasteiger partial charge on any atom is 0.260 e. The number of amides is 1. The number of nitrogen functional groups attached to an aromatic ring is 1. The molecule has 7 heteroatoms. The Kier molecular flexibility index (Phi) is 3.62. The molecule has 0 bridgehead atoms. The first-order valence-electron chi connectivity index (χ1n) is 8.60. The molecule has 138 valence electrons. The number of nitrogens with two attached hydrogens (primary N) is 2. The Labute approximate surface area is 169 Å². The highest BCUT2D eigenvalue weighted by molar-refractivity contribution is 7.19. The van der Waals surface area contributed by atoms with Crippen molar-refractivity contribution in [2.75, 3.05) is 11.1 Å². The van der Waals surface area contributed by atoms with Crippen LogP contribution in [0.15, 0.2) is 54.1 Å². The molecule has 1 aliphatic heterocycles. The van der Waals surface area contributed by atoms with Gasteiger partial charge in [0.25, 0.3) is 5.91 Å². The highest BCUT2D eigenvalue weighted by atomic mass is 35.5. The van der Waals surface area contributed by atoms with Crippen LogP contribution in [0.4, 0.5) is 10.7 Å². The van der Waals surface area contributed by atoms with Gasteiger partial charge in [0, 0.05) is 33.2 Å². The Hall–Kier alpha value is -3.09. The molecule has 5 N–H and O–H groups in total. The zero-order chi connectivity index (χ0) is 19.6. The second-order valence-electron chi connectivity index (χ2n) is 6.72. The van der Waals surface area contributed by atoms with Crippen molar-refractivity contribution >= 4 is 51.0 Å². The maximum atomic E-state index is 13.3. The number of primary amides is 1. The second-order valence-corrected chi connectivity index (χ2v) is 8.18. The average molecular weight is 408 g/mol. The van der Waals surface area contributed by atoms with Gasteiger partial charge < -0.3 is 16.8 Å². The van der Waals surface area contributed by atoms with E-state index in [1.54, 1.807) is 12.1 Å². The number of hydrogen-bond acceptors (Lipinski definition) is 5. The van der Waals surface area contributed by atoms with E-state index in [2.05, 4.69) is 5.32 Å². The van der Waals surface area contributed by atoms with Crippen molar-refractivity contribution < 1.29 is 9.59 Å². The highest BCUT2D eigenvalue weighted by Gasteiger charge is 2.42. The maximum absolute atomic E-state index is 13.3. The van der Waals surface area contributed by atoms with Gasteiger partial charge in [-0.15, -0.1) is 11.3 Å². The molecule has 0 saturated carbocycles. The van der Waals surface area contributed by atoms with Crippen molar-refractivity contribution in [2.24, 2.45) is 5.73 Å². The molecule has 2 aliphatic rings. The van der Waals surface area contributed by atoms with Crippen molar-refractivity contribution in [3.05, 3.63) is 86.3 Å². The van der Waals surface area contributed by atoms with E-state index in [4.69, 9.17) is 23.1 Å². The molecule has 0 spiro atoms. The van der Waals surface area contributed by atoms with E-state index in [1.807, 2.05) is 36.4 Å². The third-order valence-corrected chi connectivity index (χ3v) is 6.58. The van der Waals surface area contributed by atoms with Gasteiger partial charge >= 0.3 is 0 Å². The van der Waals surface area contributed by atoms with E-state index < -0.39 is 11.8 Å². The number of anilines is 2. The number of ketones is 1. The minimum absolute atomic E-state index is 0.0464. The van der Waals surface area contributed by atoms with Gasteiger partial charge in [-0.25, -0.2) is 0 Å². The Balaban J connectivity index is 1.80. The van der Waals surface area contributed by atoms with E-state index in [-0.39, 0.29) is 5.78 Å². The van der Waals surface area contributed by atoms with Crippen LogP contribution in [0.3, 0.4) is 0 Å². The van der Waals surface area contributed by atoms with Gasteiger partial charge in [0.05, 0.1) is 16.4 Å². The molecule has 2 aromatic carbocycles. The van der Waals surface area contributed by atoms with Crippen molar-refractivity contribution in [1.82, 2.24) is 0 Å². The minimum Gasteiger partial charge on any atom is -0.397 e. The zero-order valence-electron chi connectivity index (χ0n) is 14.5. The summed E-state index contributed by atoms with van der Waals surface area (Å²) in [6.45, 7) is 0. The molecule has 2 heterocycles. The Morgan fingerprint density at radius 1 is 1.07 bits per heavy atom. The standard InChI is InChI=1S/C21H14ClN3O2S/c22-10-7-5-9(6-8-10)13-14-16(23)19(20(24)27)28-21(14)25-17-11-3-1-2-4-12(11)18(26)15(13)17/h1-8,13,25H,23H2,(H2,24,27)/t13-/m0/s1. The molecule has 0 radical (unpaired) electrons. The summed E-state index contributed by atoms with van der Waals surface area (Å²) >= 11 is 7.28. The number of Topliss-reactive ketones (excluding diaryl/α,β-unsaturated/α-hetero) is 1. The number of allylic oxidation sites excluding steroid dienone is 1. The van der Waals surface area contributed by atoms with Crippen LogP contribution in [-0.2, 0) is 0 Å². The van der Waals surface area contributed by atoms with E-state index in [0.29, 0.717) is 32.3 Å². The van der Waals surface area contributed by atoms with E-state index >= 15 is 0 Å². The van der Waals surface area contributed by atoms with E-state index in [9.17, 15) is 9.59 Å². The number of carbonyl (C=O) groups excluding carboxylic acids is 2. The molecule has 1 aromatic heterocycles. The van der Waals surface area contributed by atoms with Gasteiger partial charge in [-0.2, -0.15) is 0 Å². The Morgan fingerprint density at radius 2 is 1.75 bits per heavy atom. The minimum atomic E-state index is -0.583. The fourth-order valence-corrected chi connectivity index (χ4v) is 5.12. The normalized spacial score (nSPS) is 17.0. The van der Waals surface area contributed by atoms with Crippen molar-refractivity contribution in [2.45, 2.75) is 5.92 Å². The number of hydrogen-bond donors (Lipinski definition) is 3. The molecular formula is C21H14ClN3O2S. The van der Waals surface area contributed by atoms with Crippen LogP contribution < -0.4 is 16.8 Å². The molecule has 1 amide bonds. The lowest BCUT2D eigenvalue weighted by molar-refractivity contribution is 0.100. The zero-order valence-corrected chi connectivity index (χ0v) is 16.0. The molecule has 5 rings (SSSR count). The van der Waals surface area contributed by atoms with Crippen molar-refractivity contribution in [1.29, 1.82) is 0 Å². The summed E-state index contributed by atoms with van der Waals surface area (Å²) < 4.78 is 0. The molecule has 1 aliphatic carbocycles. The predicted octanol–water partition coefficient (Wildman–Crippen LogP) is 4.25. The largest absolute Gasteiger partial charge is 0.397 e. The molecule has 0 fully saturated rings. The number of halogens is 1. The highest BCUT2D eigenvalue weighted by Crippen LogP contribution is 2.54. The molecule has 0 saturated heterocycles. The topological polar surface area (TPSA) is 98.2 Å². The fourth-order valence-electron chi connectivity index (χ4n) is 3.98. The number of rotatable bonds is 2. The van der Waals surface area contributed by atoms with Crippen LogP contribution in [0, 0.1) is 0 Å². The predicted molar refractivity (Wildman–Crippen MR) is 112 cm³/mol. The van der Waals surface area contributed by atoms with Gasteiger partial charge in [-0.3, -0.25) is 9.59 Å². The lowest BCUT2D eigenvalue weighted by Gasteiger charge is -2.27. The fraction of sp³-hybridized carbons (Fsp3) is 0.0476. The summed E-state index contributed by atoms with van der Waals surface area (Å²) in [6, 6.07) is 14.8. The molecule has 28 heavy (non-hydrogen) atoms. The molecule has 5 nitrogen and oxygen atoms in total. The first-order valence-corrected chi connectivity index (χ1v) is 9.79. The summed E-state index contributed by atoms with van der Waals surface area (Å²) in [4.78, 5) is 25.4. The summed E-state index contributed by atoms with van der Waals surface area (Å²) in [5, 5.41) is 4.67.